The Kier molecular flexibility index (Phi) is 9.50. The average Bonchev–Trinajstić information content (AvgIpc) is 3.27. The molecule has 3 aromatic rings. The quantitative estimate of drug-likeness (QED) is 0.150. The number of nitrogens with one attached hydrogen (secondary N) is 3. The molecule has 0 aliphatic carbocycles. The monoisotopic (exact) mass is 573 g/mol. The van der Waals surface area contributed by atoms with Gasteiger partial charge in [-0.3, -0.25) is 24.6 Å². The number of nitrogens with zero attached hydrogens (tertiary/aromatic N) is 2. The van der Waals surface area contributed by atoms with Crippen molar-refractivity contribution in [3.05, 3.63) is 117 Å². The molecule has 0 saturated heterocycles. The second-order valence-corrected chi connectivity index (χ2v) is 9.99. The average molecular weight is 574 g/mol. The number of carboxylic acids is 2. The summed E-state index contributed by atoms with van der Waals surface area (Å²) in [6, 6.07) is 19.4. The van der Waals surface area contributed by atoms with Crippen molar-refractivity contribution in [1.82, 2.24) is 10.2 Å². The maximum absolute atomic E-state index is 13.3. The van der Waals surface area contributed by atoms with Crippen LogP contribution in [0.4, 0.5) is 11.4 Å². The fourth-order valence-corrected chi connectivity index (χ4v) is 4.84. The molecule has 0 bridgehead atoms. The van der Waals surface area contributed by atoms with Crippen LogP contribution in [0.15, 0.2) is 84.8 Å². The largest absolute Gasteiger partial charge is 0.481 e. The summed E-state index contributed by atoms with van der Waals surface area (Å²) in [5.41, 5.74) is 4.30. The van der Waals surface area contributed by atoms with Crippen LogP contribution in [0, 0.1) is 10.1 Å². The van der Waals surface area contributed by atoms with Crippen molar-refractivity contribution >= 4 is 29.2 Å². The molecule has 2 atom stereocenters. The fourth-order valence-electron chi connectivity index (χ4n) is 4.84. The number of hydrogen-bond acceptors (Lipinski definition) is 8. The van der Waals surface area contributed by atoms with E-state index in [-0.39, 0.29) is 18.7 Å². The third kappa shape index (κ3) is 7.92. The molecule has 12 heteroatoms. The van der Waals surface area contributed by atoms with Gasteiger partial charge in [0.05, 0.1) is 4.92 Å². The predicted molar refractivity (Wildman–Crippen MR) is 155 cm³/mol. The molecule has 1 amide bonds. The van der Waals surface area contributed by atoms with E-state index >= 15 is 0 Å². The fraction of sp³-hybridized carbons (Fsp3) is 0.233. The number of aliphatic carboxylic acids is 2. The molecule has 5 N–H and O–H groups in total. The topological polar surface area (TPSA) is 174 Å². The number of hydrogen-bond donors (Lipinski definition) is 5. The minimum absolute atomic E-state index is 0.00240. The standard InChI is InChI=1S/C30H31N5O7/c1-34-17-21-16-23(32-26(18-35(41)42)31-22-5-3-2-4-6-22)12-13-24(21)28(34)29(38)33-25(30(39)40)15-20-9-7-19(8-10-20)11-14-27(36)37/h2-10,12-13,16,18,25,28,31-32H,11,14-15,17H2,1H3,(H,33,38)(H,36,37)(H,39,40)/b26-18+. The molecule has 0 fully saturated rings. The van der Waals surface area contributed by atoms with Crippen LogP contribution in [-0.4, -0.2) is 51.0 Å². The molecular formula is C30H31N5O7. The highest BCUT2D eigenvalue weighted by atomic mass is 16.6. The number of carbonyl (C=O) groups excluding carboxylic acids is 1. The van der Waals surface area contributed by atoms with E-state index in [2.05, 4.69) is 16.0 Å². The molecule has 0 saturated carbocycles. The molecule has 1 heterocycles. The highest BCUT2D eigenvalue weighted by Crippen LogP contribution is 2.34. The number of amides is 1. The number of benzene rings is 3. The van der Waals surface area contributed by atoms with Crippen LogP contribution in [0.2, 0.25) is 0 Å². The molecule has 0 aromatic heterocycles. The van der Waals surface area contributed by atoms with E-state index in [9.17, 15) is 29.6 Å². The number of rotatable bonds is 13. The molecule has 2 unspecified atom stereocenters. The lowest BCUT2D eigenvalue weighted by Gasteiger charge is -2.23. The van der Waals surface area contributed by atoms with Crippen LogP contribution in [0.5, 0.6) is 0 Å². The Morgan fingerprint density at radius 2 is 1.67 bits per heavy atom. The third-order valence-electron chi connectivity index (χ3n) is 6.82. The third-order valence-corrected chi connectivity index (χ3v) is 6.82. The summed E-state index contributed by atoms with van der Waals surface area (Å²) in [6.45, 7) is 0.416. The summed E-state index contributed by atoms with van der Waals surface area (Å²) >= 11 is 0. The number of carbonyl (C=O) groups is 3. The molecular weight excluding hydrogens is 542 g/mol. The van der Waals surface area contributed by atoms with Crippen LogP contribution in [0.1, 0.15) is 34.7 Å². The first-order chi connectivity index (χ1) is 20.1. The Bertz CT molecular complexity index is 1490. The van der Waals surface area contributed by atoms with Gasteiger partial charge in [-0.25, -0.2) is 4.79 Å². The zero-order valence-electron chi connectivity index (χ0n) is 22.8. The van der Waals surface area contributed by atoms with Gasteiger partial charge in [0.15, 0.2) is 5.82 Å². The second-order valence-electron chi connectivity index (χ2n) is 9.99. The Labute approximate surface area is 241 Å². The van der Waals surface area contributed by atoms with Crippen molar-refractivity contribution in [3.8, 4) is 0 Å². The van der Waals surface area contributed by atoms with Crippen LogP contribution in [-0.2, 0) is 33.8 Å². The van der Waals surface area contributed by atoms with E-state index in [1.807, 2.05) is 6.07 Å². The van der Waals surface area contributed by atoms with Gasteiger partial charge < -0.3 is 26.2 Å². The first kappa shape index (κ1) is 29.7. The SMILES string of the molecule is CN1Cc2cc(N/C(=C/[N+](=O)[O-])Nc3ccccc3)ccc2C1C(=O)NC(Cc1ccc(CCC(=O)O)cc1)C(=O)O. The van der Waals surface area contributed by atoms with E-state index in [4.69, 9.17) is 5.11 Å². The zero-order chi connectivity index (χ0) is 30.2. The van der Waals surface area contributed by atoms with E-state index in [1.165, 1.54) is 0 Å². The van der Waals surface area contributed by atoms with Gasteiger partial charge >= 0.3 is 11.9 Å². The van der Waals surface area contributed by atoms with Crippen molar-refractivity contribution in [2.45, 2.75) is 37.9 Å². The number of likely N-dealkylation sites (N-methyl/N-ethyl adjacent to an activating group) is 1. The van der Waals surface area contributed by atoms with Gasteiger partial charge in [0.2, 0.25) is 5.91 Å². The number of nitro groups is 1. The van der Waals surface area contributed by atoms with E-state index in [0.29, 0.717) is 35.5 Å². The Hall–Kier alpha value is -5.23. The van der Waals surface area contributed by atoms with Crippen LogP contribution in [0.3, 0.4) is 0 Å². The summed E-state index contributed by atoms with van der Waals surface area (Å²) in [7, 11) is 1.76. The smallest absolute Gasteiger partial charge is 0.326 e. The first-order valence-electron chi connectivity index (χ1n) is 13.2. The molecule has 42 heavy (non-hydrogen) atoms. The maximum atomic E-state index is 13.3. The summed E-state index contributed by atoms with van der Waals surface area (Å²) < 4.78 is 0. The van der Waals surface area contributed by atoms with Crippen LogP contribution < -0.4 is 16.0 Å². The Morgan fingerprint density at radius 1 is 1.00 bits per heavy atom. The Morgan fingerprint density at radius 3 is 2.31 bits per heavy atom. The van der Waals surface area contributed by atoms with E-state index < -0.39 is 34.9 Å². The second kappa shape index (κ2) is 13.4. The maximum Gasteiger partial charge on any atom is 0.326 e. The minimum Gasteiger partial charge on any atom is -0.481 e. The lowest BCUT2D eigenvalue weighted by Crippen LogP contribution is -2.46. The summed E-state index contributed by atoms with van der Waals surface area (Å²) in [6.07, 6.45) is 1.27. The molecule has 4 rings (SSSR count). The van der Waals surface area contributed by atoms with Crippen molar-refractivity contribution in [2.75, 3.05) is 17.7 Å². The normalized spacial score (nSPS) is 15.4. The van der Waals surface area contributed by atoms with Gasteiger partial charge in [0.25, 0.3) is 6.20 Å². The molecule has 12 nitrogen and oxygen atoms in total. The number of aryl methyl sites for hydroxylation is 1. The molecule has 1 aliphatic rings. The summed E-state index contributed by atoms with van der Waals surface area (Å²) in [4.78, 5) is 48.6. The summed E-state index contributed by atoms with van der Waals surface area (Å²) in [5.74, 6) is -2.36. The molecule has 0 spiro atoms. The summed E-state index contributed by atoms with van der Waals surface area (Å²) in [5, 5.41) is 38.5. The Balaban J connectivity index is 1.44. The lowest BCUT2D eigenvalue weighted by molar-refractivity contribution is -0.403. The van der Waals surface area contributed by atoms with Gasteiger partial charge in [-0.2, -0.15) is 0 Å². The van der Waals surface area contributed by atoms with Gasteiger partial charge in [-0.1, -0.05) is 48.5 Å². The van der Waals surface area contributed by atoms with Gasteiger partial charge in [-0.15, -0.1) is 0 Å². The molecule has 1 aliphatic heterocycles. The molecule has 0 radical (unpaired) electrons. The lowest BCUT2D eigenvalue weighted by atomic mass is 10.0. The predicted octanol–water partition coefficient (Wildman–Crippen LogP) is 3.60. The molecule has 218 valence electrons. The number of fused-ring (bicyclic) bond motifs is 1. The van der Waals surface area contributed by atoms with Gasteiger partial charge in [0.1, 0.15) is 12.1 Å². The number of carboxylic acid groups (broad SMARTS) is 2. The van der Waals surface area contributed by atoms with Gasteiger partial charge in [-0.05, 0) is 60.0 Å². The van der Waals surface area contributed by atoms with Crippen molar-refractivity contribution in [1.29, 1.82) is 0 Å². The van der Waals surface area contributed by atoms with Gasteiger partial charge in [0, 0.05) is 30.8 Å². The van der Waals surface area contributed by atoms with Crippen molar-refractivity contribution in [3.63, 3.8) is 0 Å². The van der Waals surface area contributed by atoms with Crippen molar-refractivity contribution in [2.24, 2.45) is 0 Å². The van der Waals surface area contributed by atoms with E-state index in [0.717, 1.165) is 17.3 Å². The van der Waals surface area contributed by atoms with E-state index in [1.54, 1.807) is 78.7 Å². The molecule has 3 aromatic carbocycles. The first-order valence-corrected chi connectivity index (χ1v) is 13.2. The highest BCUT2D eigenvalue weighted by molar-refractivity contribution is 5.89. The zero-order valence-corrected chi connectivity index (χ0v) is 22.8. The highest BCUT2D eigenvalue weighted by Gasteiger charge is 2.35. The minimum atomic E-state index is -1.17. The van der Waals surface area contributed by atoms with Crippen molar-refractivity contribution < 1.29 is 29.5 Å². The van der Waals surface area contributed by atoms with Crippen LogP contribution in [0.25, 0.3) is 0 Å². The number of para-hydroxylation sites is 1. The van der Waals surface area contributed by atoms with Crippen LogP contribution >= 0.6 is 0 Å². The number of anilines is 2.